The highest BCUT2D eigenvalue weighted by molar-refractivity contribution is 9.10. The third kappa shape index (κ3) is 4.21. The second-order valence-corrected chi connectivity index (χ2v) is 5.72. The summed E-state index contributed by atoms with van der Waals surface area (Å²) in [6.45, 7) is 7.42. The minimum absolute atomic E-state index is 0.0944. The highest BCUT2D eigenvalue weighted by Gasteiger charge is 2.17. The zero-order chi connectivity index (χ0) is 15.3. The Morgan fingerprint density at radius 3 is 2.45 bits per heavy atom. The van der Waals surface area contributed by atoms with E-state index in [0.29, 0.717) is 19.6 Å². The minimum atomic E-state index is -0.575. The SMILES string of the molecule is CCN(CC)C(=O)CN(C)c1ccc(Br)cc1C(C)O. The fourth-order valence-electron chi connectivity index (χ4n) is 2.17. The molecule has 0 aliphatic carbocycles. The van der Waals surface area contributed by atoms with E-state index >= 15 is 0 Å². The molecular weight excluding hydrogens is 320 g/mol. The molecule has 1 rings (SSSR count). The number of hydrogen-bond donors (Lipinski definition) is 1. The number of rotatable bonds is 6. The molecule has 1 N–H and O–H groups in total. The molecule has 1 atom stereocenters. The summed E-state index contributed by atoms with van der Waals surface area (Å²) in [5, 5.41) is 9.87. The standard InChI is InChI=1S/C15H23BrN2O2/c1-5-18(6-2)15(20)10-17(4)14-8-7-12(16)9-13(14)11(3)19/h7-9,11,19H,5-6,10H2,1-4H3. The largest absolute Gasteiger partial charge is 0.389 e. The van der Waals surface area contributed by atoms with Gasteiger partial charge in [0.1, 0.15) is 0 Å². The summed E-state index contributed by atoms with van der Waals surface area (Å²) in [7, 11) is 1.87. The van der Waals surface area contributed by atoms with E-state index in [1.807, 2.05) is 44.0 Å². The Bertz CT molecular complexity index is 459. The highest BCUT2D eigenvalue weighted by atomic mass is 79.9. The summed E-state index contributed by atoms with van der Waals surface area (Å²) in [5.41, 5.74) is 1.69. The number of benzene rings is 1. The van der Waals surface area contributed by atoms with Gasteiger partial charge in [-0.3, -0.25) is 4.79 Å². The molecule has 0 aliphatic rings. The molecule has 0 saturated heterocycles. The van der Waals surface area contributed by atoms with Gasteiger partial charge in [-0.1, -0.05) is 15.9 Å². The summed E-state index contributed by atoms with van der Waals surface area (Å²) in [6.07, 6.45) is -0.575. The van der Waals surface area contributed by atoms with Gasteiger partial charge in [0.05, 0.1) is 12.6 Å². The molecule has 1 amide bonds. The Morgan fingerprint density at radius 2 is 1.95 bits per heavy atom. The first-order chi connectivity index (χ1) is 9.40. The monoisotopic (exact) mass is 342 g/mol. The van der Waals surface area contributed by atoms with Gasteiger partial charge >= 0.3 is 0 Å². The van der Waals surface area contributed by atoms with E-state index in [0.717, 1.165) is 15.7 Å². The van der Waals surface area contributed by atoms with Crippen molar-refractivity contribution in [1.82, 2.24) is 4.90 Å². The maximum atomic E-state index is 12.1. The van der Waals surface area contributed by atoms with Crippen LogP contribution in [-0.2, 0) is 4.79 Å². The molecule has 0 saturated carbocycles. The van der Waals surface area contributed by atoms with Crippen LogP contribution in [0.1, 0.15) is 32.4 Å². The average Bonchev–Trinajstić information content (AvgIpc) is 2.39. The first kappa shape index (κ1) is 17.0. The Kier molecular flexibility index (Phi) is 6.49. The Balaban J connectivity index is 2.92. The molecule has 0 radical (unpaired) electrons. The third-order valence-electron chi connectivity index (χ3n) is 3.34. The predicted octanol–water partition coefficient (Wildman–Crippen LogP) is 2.81. The van der Waals surface area contributed by atoms with Crippen LogP contribution in [0.25, 0.3) is 0 Å². The van der Waals surface area contributed by atoms with Crippen LogP contribution in [0.5, 0.6) is 0 Å². The van der Waals surface area contributed by atoms with Crippen LogP contribution in [0.2, 0.25) is 0 Å². The van der Waals surface area contributed by atoms with E-state index in [2.05, 4.69) is 15.9 Å². The van der Waals surface area contributed by atoms with E-state index in [1.54, 1.807) is 11.8 Å². The first-order valence-electron chi connectivity index (χ1n) is 6.87. The fraction of sp³-hybridized carbons (Fsp3) is 0.533. The van der Waals surface area contributed by atoms with Gasteiger partial charge in [0.2, 0.25) is 5.91 Å². The van der Waals surface area contributed by atoms with Gasteiger partial charge in [-0.05, 0) is 39.0 Å². The second kappa shape index (κ2) is 7.64. The average molecular weight is 343 g/mol. The molecule has 1 unspecified atom stereocenters. The topological polar surface area (TPSA) is 43.8 Å². The van der Waals surface area contributed by atoms with Gasteiger partial charge in [-0.25, -0.2) is 0 Å². The van der Waals surface area contributed by atoms with Crippen LogP contribution < -0.4 is 4.90 Å². The van der Waals surface area contributed by atoms with Gasteiger partial charge in [0.15, 0.2) is 0 Å². The van der Waals surface area contributed by atoms with Crippen molar-refractivity contribution in [3.63, 3.8) is 0 Å². The van der Waals surface area contributed by atoms with Gasteiger partial charge in [-0.2, -0.15) is 0 Å². The van der Waals surface area contributed by atoms with E-state index in [-0.39, 0.29) is 5.91 Å². The summed E-state index contributed by atoms with van der Waals surface area (Å²) >= 11 is 3.41. The van der Waals surface area contributed by atoms with Crippen molar-refractivity contribution in [2.75, 3.05) is 31.6 Å². The fourth-order valence-corrected chi connectivity index (χ4v) is 2.55. The maximum absolute atomic E-state index is 12.1. The van der Waals surface area contributed by atoms with E-state index < -0.39 is 6.10 Å². The van der Waals surface area contributed by atoms with Crippen LogP contribution in [0, 0.1) is 0 Å². The minimum Gasteiger partial charge on any atom is -0.389 e. The molecule has 0 spiro atoms. The van der Waals surface area contributed by atoms with Gasteiger partial charge in [-0.15, -0.1) is 0 Å². The lowest BCUT2D eigenvalue weighted by Crippen LogP contribution is -2.39. The normalized spacial score (nSPS) is 12.1. The zero-order valence-electron chi connectivity index (χ0n) is 12.6. The molecule has 5 heteroatoms. The molecular formula is C15H23BrN2O2. The molecule has 112 valence electrons. The zero-order valence-corrected chi connectivity index (χ0v) is 14.1. The maximum Gasteiger partial charge on any atom is 0.242 e. The van der Waals surface area contributed by atoms with Gasteiger partial charge in [0.25, 0.3) is 0 Å². The summed E-state index contributed by atoms with van der Waals surface area (Å²) < 4.78 is 0.917. The number of hydrogen-bond acceptors (Lipinski definition) is 3. The quantitative estimate of drug-likeness (QED) is 0.864. The number of halogens is 1. The number of carbonyl (C=O) groups is 1. The number of aliphatic hydroxyl groups excluding tert-OH is 1. The molecule has 20 heavy (non-hydrogen) atoms. The number of amides is 1. The second-order valence-electron chi connectivity index (χ2n) is 4.80. The Hall–Kier alpha value is -1.07. The number of likely N-dealkylation sites (N-methyl/N-ethyl adjacent to an activating group) is 2. The first-order valence-corrected chi connectivity index (χ1v) is 7.66. The summed E-state index contributed by atoms with van der Waals surface area (Å²) in [4.78, 5) is 15.8. The smallest absolute Gasteiger partial charge is 0.242 e. The van der Waals surface area contributed by atoms with Crippen LogP contribution in [0.15, 0.2) is 22.7 Å². The lowest BCUT2D eigenvalue weighted by Gasteiger charge is -2.26. The van der Waals surface area contributed by atoms with Crippen LogP contribution in [0.3, 0.4) is 0 Å². The van der Waals surface area contributed by atoms with Gasteiger partial charge in [0, 0.05) is 35.9 Å². The summed E-state index contributed by atoms with van der Waals surface area (Å²) in [5.74, 6) is 0.0944. The van der Waals surface area contributed by atoms with Crippen molar-refractivity contribution in [3.8, 4) is 0 Å². The highest BCUT2D eigenvalue weighted by Crippen LogP contribution is 2.28. The molecule has 1 aromatic rings. The van der Waals surface area contributed by atoms with Crippen molar-refractivity contribution in [2.24, 2.45) is 0 Å². The van der Waals surface area contributed by atoms with Crippen LogP contribution >= 0.6 is 15.9 Å². The predicted molar refractivity (Wildman–Crippen MR) is 86.0 cm³/mol. The lowest BCUT2D eigenvalue weighted by molar-refractivity contribution is -0.129. The van der Waals surface area contributed by atoms with Crippen molar-refractivity contribution < 1.29 is 9.90 Å². The van der Waals surface area contributed by atoms with Crippen molar-refractivity contribution in [2.45, 2.75) is 26.9 Å². The van der Waals surface area contributed by atoms with Crippen LogP contribution in [-0.4, -0.2) is 42.6 Å². The molecule has 0 heterocycles. The van der Waals surface area contributed by atoms with E-state index in [4.69, 9.17) is 0 Å². The van der Waals surface area contributed by atoms with Crippen LogP contribution in [0.4, 0.5) is 5.69 Å². The van der Waals surface area contributed by atoms with Crippen molar-refractivity contribution >= 4 is 27.5 Å². The molecule has 0 bridgehead atoms. The molecule has 4 nitrogen and oxygen atoms in total. The molecule has 0 aliphatic heterocycles. The van der Waals surface area contributed by atoms with Crippen molar-refractivity contribution in [3.05, 3.63) is 28.2 Å². The molecule has 1 aromatic carbocycles. The van der Waals surface area contributed by atoms with E-state index in [1.165, 1.54) is 0 Å². The number of aliphatic hydroxyl groups is 1. The Labute approximate surface area is 129 Å². The third-order valence-corrected chi connectivity index (χ3v) is 3.83. The Morgan fingerprint density at radius 1 is 1.35 bits per heavy atom. The lowest BCUT2D eigenvalue weighted by atomic mass is 10.1. The summed E-state index contributed by atoms with van der Waals surface area (Å²) in [6, 6.07) is 5.72. The number of anilines is 1. The number of nitrogens with zero attached hydrogens (tertiary/aromatic N) is 2. The molecule has 0 aromatic heterocycles. The van der Waals surface area contributed by atoms with Crippen molar-refractivity contribution in [1.29, 1.82) is 0 Å². The molecule has 0 fully saturated rings. The van der Waals surface area contributed by atoms with E-state index in [9.17, 15) is 9.90 Å². The number of carbonyl (C=O) groups excluding carboxylic acids is 1. The van der Waals surface area contributed by atoms with Gasteiger partial charge < -0.3 is 14.9 Å².